The summed E-state index contributed by atoms with van der Waals surface area (Å²) in [4.78, 5) is 0. The molecule has 16 heavy (non-hydrogen) atoms. The first-order valence-electron chi connectivity index (χ1n) is 4.87. The van der Waals surface area contributed by atoms with Gasteiger partial charge >= 0.3 is 6.18 Å². The molecule has 0 radical (unpaired) electrons. The Kier molecular flexibility index (Phi) is 3.51. The van der Waals surface area contributed by atoms with Gasteiger partial charge in [0.15, 0.2) is 5.65 Å². The van der Waals surface area contributed by atoms with Gasteiger partial charge < -0.3 is 0 Å². The number of rotatable bonds is 0. The van der Waals surface area contributed by atoms with E-state index in [1.165, 1.54) is 10.5 Å². The van der Waals surface area contributed by atoms with Crippen molar-refractivity contribution in [1.29, 1.82) is 0 Å². The molecule has 2 aromatic heterocycles. The van der Waals surface area contributed by atoms with Crippen molar-refractivity contribution < 1.29 is 13.2 Å². The fourth-order valence-electron chi connectivity index (χ4n) is 1.17. The van der Waals surface area contributed by atoms with Gasteiger partial charge in [-0.25, -0.2) is 0 Å². The predicted molar refractivity (Wildman–Crippen MR) is 54.1 cm³/mol. The molecule has 0 aliphatic rings. The molecule has 2 aromatic rings. The molecule has 0 saturated heterocycles. The third-order valence-corrected chi connectivity index (χ3v) is 1.90. The number of aromatic nitrogens is 3. The summed E-state index contributed by atoms with van der Waals surface area (Å²) in [5.41, 5.74) is -0.289. The molecule has 2 rings (SSSR count). The van der Waals surface area contributed by atoms with E-state index in [4.69, 9.17) is 0 Å². The van der Waals surface area contributed by atoms with Crippen LogP contribution < -0.4 is 0 Å². The Labute approximate surface area is 90.9 Å². The second-order valence-corrected chi connectivity index (χ2v) is 2.89. The lowest BCUT2D eigenvalue weighted by molar-refractivity contribution is -0.137. The van der Waals surface area contributed by atoms with E-state index in [1.54, 1.807) is 6.92 Å². The summed E-state index contributed by atoms with van der Waals surface area (Å²) >= 11 is 0. The van der Waals surface area contributed by atoms with Crippen LogP contribution >= 0.6 is 0 Å². The van der Waals surface area contributed by atoms with Gasteiger partial charge in [-0.1, -0.05) is 13.8 Å². The van der Waals surface area contributed by atoms with Crippen LogP contribution in [0.1, 0.15) is 25.2 Å². The number of hydrogen-bond donors (Lipinski definition) is 0. The maximum Gasteiger partial charge on any atom is 0.417 e. The molecule has 0 unspecified atom stereocenters. The van der Waals surface area contributed by atoms with Gasteiger partial charge in [-0.05, 0) is 19.1 Å². The van der Waals surface area contributed by atoms with E-state index in [1.807, 2.05) is 13.8 Å². The zero-order chi connectivity index (χ0) is 12.3. The molecule has 0 N–H and O–H groups in total. The molecule has 6 heteroatoms. The first-order chi connectivity index (χ1) is 7.48. The summed E-state index contributed by atoms with van der Waals surface area (Å²) in [6.07, 6.45) is -3.34. The monoisotopic (exact) mass is 231 g/mol. The Morgan fingerprint density at radius 2 is 1.75 bits per heavy atom. The summed E-state index contributed by atoms with van der Waals surface area (Å²) in [6.45, 7) is 5.60. The minimum absolute atomic E-state index is 0.413. The molecule has 0 spiro atoms. The van der Waals surface area contributed by atoms with Crippen LogP contribution in [0, 0.1) is 6.92 Å². The summed E-state index contributed by atoms with van der Waals surface area (Å²) in [5, 5.41) is 7.35. The van der Waals surface area contributed by atoms with E-state index < -0.39 is 11.7 Å². The molecule has 0 amide bonds. The number of pyridine rings is 1. The van der Waals surface area contributed by atoms with E-state index >= 15 is 0 Å². The van der Waals surface area contributed by atoms with Gasteiger partial charge in [-0.15, -0.1) is 10.2 Å². The number of fused-ring (bicyclic) bond motifs is 1. The van der Waals surface area contributed by atoms with Gasteiger partial charge in [0.25, 0.3) is 0 Å². The Morgan fingerprint density at radius 1 is 1.12 bits per heavy atom. The lowest BCUT2D eigenvalue weighted by Crippen LogP contribution is -2.06. The standard InChI is InChI=1S/C8H6F3N3.C2H6/c1-5-12-13-7-3-2-6(4-14(5)7)8(9,10)11;1-2/h2-4H,1H3;1-2H3. The van der Waals surface area contributed by atoms with E-state index in [0.29, 0.717) is 11.5 Å². The molecule has 0 fully saturated rings. The molecular weight excluding hydrogens is 219 g/mol. The van der Waals surface area contributed by atoms with Gasteiger partial charge in [-0.3, -0.25) is 4.40 Å². The summed E-state index contributed by atoms with van der Waals surface area (Å²) < 4.78 is 38.2. The molecule has 2 heterocycles. The highest BCUT2D eigenvalue weighted by molar-refractivity contribution is 5.39. The molecular formula is C10H12F3N3. The van der Waals surface area contributed by atoms with Crippen LogP contribution in [0.25, 0.3) is 5.65 Å². The summed E-state index contributed by atoms with van der Waals surface area (Å²) in [5.74, 6) is 0.436. The van der Waals surface area contributed by atoms with Crippen LogP contribution in [0.4, 0.5) is 13.2 Å². The van der Waals surface area contributed by atoms with Crippen molar-refractivity contribution in [2.24, 2.45) is 0 Å². The SMILES string of the molecule is CC.Cc1nnc2ccc(C(F)(F)F)cn12. The largest absolute Gasteiger partial charge is 0.417 e. The van der Waals surface area contributed by atoms with Crippen LogP contribution in [-0.2, 0) is 6.18 Å². The average Bonchev–Trinajstić information content (AvgIpc) is 2.62. The van der Waals surface area contributed by atoms with Crippen molar-refractivity contribution in [3.63, 3.8) is 0 Å². The van der Waals surface area contributed by atoms with Gasteiger partial charge in [-0.2, -0.15) is 13.2 Å². The fraction of sp³-hybridized carbons (Fsp3) is 0.400. The zero-order valence-corrected chi connectivity index (χ0v) is 9.21. The van der Waals surface area contributed by atoms with E-state index in [2.05, 4.69) is 10.2 Å². The molecule has 0 bridgehead atoms. The highest BCUT2D eigenvalue weighted by Gasteiger charge is 2.30. The van der Waals surface area contributed by atoms with Crippen LogP contribution in [0.3, 0.4) is 0 Å². The number of hydrogen-bond acceptors (Lipinski definition) is 2. The van der Waals surface area contributed by atoms with Crippen LogP contribution in [0.5, 0.6) is 0 Å². The normalized spacial score (nSPS) is 11.1. The molecule has 3 nitrogen and oxygen atoms in total. The third kappa shape index (κ3) is 2.32. The van der Waals surface area contributed by atoms with Gasteiger partial charge in [0.1, 0.15) is 5.82 Å². The predicted octanol–water partition coefficient (Wildman–Crippen LogP) is 3.08. The minimum atomic E-state index is -4.33. The second kappa shape index (κ2) is 4.51. The number of halogens is 3. The van der Waals surface area contributed by atoms with Crippen LogP contribution in [0.15, 0.2) is 18.3 Å². The van der Waals surface area contributed by atoms with Gasteiger partial charge in [0.2, 0.25) is 0 Å². The zero-order valence-electron chi connectivity index (χ0n) is 9.21. The van der Waals surface area contributed by atoms with E-state index in [-0.39, 0.29) is 0 Å². The molecule has 88 valence electrons. The Bertz CT molecular complexity index is 474. The topological polar surface area (TPSA) is 30.2 Å². The van der Waals surface area contributed by atoms with Crippen molar-refractivity contribution in [2.45, 2.75) is 26.9 Å². The number of aryl methyl sites for hydroxylation is 1. The first kappa shape index (κ1) is 12.5. The maximum atomic E-state index is 12.3. The van der Waals surface area contributed by atoms with Crippen LogP contribution in [-0.4, -0.2) is 14.6 Å². The lowest BCUT2D eigenvalue weighted by atomic mass is 10.3. The smallest absolute Gasteiger partial charge is 0.286 e. The van der Waals surface area contributed by atoms with Crippen molar-refractivity contribution in [3.8, 4) is 0 Å². The quantitative estimate of drug-likeness (QED) is 0.697. The molecule has 0 saturated carbocycles. The van der Waals surface area contributed by atoms with Crippen molar-refractivity contribution in [3.05, 3.63) is 29.7 Å². The molecule has 0 aliphatic carbocycles. The highest BCUT2D eigenvalue weighted by atomic mass is 19.4. The molecule has 0 aliphatic heterocycles. The summed E-state index contributed by atoms with van der Waals surface area (Å²) in [7, 11) is 0. The maximum absolute atomic E-state index is 12.3. The van der Waals surface area contributed by atoms with Gasteiger partial charge in [0.05, 0.1) is 5.56 Å². The van der Waals surface area contributed by atoms with Crippen molar-refractivity contribution in [2.75, 3.05) is 0 Å². The van der Waals surface area contributed by atoms with Crippen LogP contribution in [0.2, 0.25) is 0 Å². The summed E-state index contributed by atoms with van der Waals surface area (Å²) in [6, 6.07) is 2.28. The third-order valence-electron chi connectivity index (χ3n) is 1.90. The fourth-order valence-corrected chi connectivity index (χ4v) is 1.17. The number of nitrogens with zero attached hydrogens (tertiary/aromatic N) is 3. The minimum Gasteiger partial charge on any atom is -0.286 e. The molecule has 0 aromatic carbocycles. The van der Waals surface area contributed by atoms with Crippen molar-refractivity contribution in [1.82, 2.24) is 14.6 Å². The Hall–Kier alpha value is -1.59. The lowest BCUT2D eigenvalue weighted by Gasteiger charge is -2.06. The van der Waals surface area contributed by atoms with Crippen molar-refractivity contribution >= 4 is 5.65 Å². The average molecular weight is 231 g/mol. The van der Waals surface area contributed by atoms with E-state index in [0.717, 1.165) is 12.3 Å². The van der Waals surface area contributed by atoms with E-state index in [9.17, 15) is 13.2 Å². The highest BCUT2D eigenvalue weighted by Crippen LogP contribution is 2.29. The first-order valence-corrected chi connectivity index (χ1v) is 4.87. The Balaban J connectivity index is 0.000000606. The Morgan fingerprint density at radius 3 is 2.31 bits per heavy atom. The van der Waals surface area contributed by atoms with Gasteiger partial charge in [0, 0.05) is 6.20 Å². The number of alkyl halides is 3. The second-order valence-electron chi connectivity index (χ2n) is 2.89. The molecule has 0 atom stereocenters.